The first-order valence-corrected chi connectivity index (χ1v) is 13.2. The van der Waals surface area contributed by atoms with Crippen LogP contribution in [-0.2, 0) is 23.1 Å². The molecule has 0 saturated carbocycles. The Morgan fingerprint density at radius 1 is 0.838 bits per heavy atom. The summed E-state index contributed by atoms with van der Waals surface area (Å²) in [4.78, 5) is 22.1. The molecular weight excluding hydrogens is 486 g/mol. The van der Waals surface area contributed by atoms with Crippen molar-refractivity contribution >= 4 is 32.8 Å². The summed E-state index contributed by atoms with van der Waals surface area (Å²) in [5.41, 5.74) is 3.15. The van der Waals surface area contributed by atoms with E-state index in [4.69, 9.17) is 0 Å². The van der Waals surface area contributed by atoms with Crippen molar-refractivity contribution in [3.8, 4) is 0 Å². The molecule has 37 heavy (non-hydrogen) atoms. The van der Waals surface area contributed by atoms with E-state index >= 15 is 0 Å². The van der Waals surface area contributed by atoms with Gasteiger partial charge >= 0.3 is 0 Å². The van der Waals surface area contributed by atoms with Crippen molar-refractivity contribution in [3.05, 3.63) is 120 Å². The third-order valence-corrected chi connectivity index (χ3v) is 7.64. The Bertz CT molecular complexity index is 1650. The van der Waals surface area contributed by atoms with Crippen LogP contribution >= 0.6 is 0 Å². The Kier molecular flexibility index (Phi) is 6.70. The topological polar surface area (TPSA) is 106 Å². The number of rotatable bonds is 8. The summed E-state index contributed by atoms with van der Waals surface area (Å²) in [7, 11) is -4.03. The first-order chi connectivity index (χ1) is 17.9. The summed E-state index contributed by atoms with van der Waals surface area (Å²) in [5.74, 6) is -0.0548. The Morgan fingerprint density at radius 2 is 1.46 bits per heavy atom. The second kappa shape index (κ2) is 10.2. The largest absolute Gasteiger partial charge is 0.365 e. The van der Waals surface area contributed by atoms with Crippen LogP contribution < -0.4 is 10.6 Å². The molecule has 5 aromatic rings. The number of nitrogens with zero attached hydrogens (tertiary/aromatic N) is 3. The third-order valence-electron chi connectivity index (χ3n) is 5.97. The van der Waals surface area contributed by atoms with Crippen LogP contribution in [0.4, 0.5) is 5.82 Å². The van der Waals surface area contributed by atoms with Gasteiger partial charge in [0.25, 0.3) is 15.9 Å². The minimum atomic E-state index is -4.03. The predicted molar refractivity (Wildman–Crippen MR) is 143 cm³/mol. The van der Waals surface area contributed by atoms with E-state index in [1.807, 2.05) is 67.6 Å². The van der Waals surface area contributed by atoms with Crippen molar-refractivity contribution in [1.82, 2.24) is 19.3 Å². The van der Waals surface area contributed by atoms with Crippen molar-refractivity contribution in [2.24, 2.45) is 0 Å². The fourth-order valence-electron chi connectivity index (χ4n) is 4.00. The minimum absolute atomic E-state index is 0.101. The zero-order valence-corrected chi connectivity index (χ0v) is 20.9. The van der Waals surface area contributed by atoms with Crippen LogP contribution in [0.5, 0.6) is 0 Å². The fraction of sp³-hybridized carbons (Fsp3) is 0.107. The van der Waals surface area contributed by atoms with Crippen LogP contribution in [0.15, 0.2) is 102 Å². The van der Waals surface area contributed by atoms with E-state index in [1.165, 1.54) is 12.5 Å². The van der Waals surface area contributed by atoms with E-state index in [-0.39, 0.29) is 22.7 Å². The number of carbonyl (C=O) groups is 1. The number of benzene rings is 3. The van der Waals surface area contributed by atoms with Crippen molar-refractivity contribution in [1.29, 1.82) is 0 Å². The zero-order chi connectivity index (χ0) is 25.8. The van der Waals surface area contributed by atoms with Gasteiger partial charge in [0.2, 0.25) is 0 Å². The van der Waals surface area contributed by atoms with Crippen molar-refractivity contribution in [3.63, 3.8) is 0 Å². The van der Waals surface area contributed by atoms with Gasteiger partial charge in [-0.15, -0.1) is 0 Å². The maximum Gasteiger partial charge on any atom is 0.269 e. The average Bonchev–Trinajstić information content (AvgIpc) is 3.33. The SMILES string of the molecule is Cc1ccc(S(=O)(=O)n2cc(C(=O)NCc3ccccc3)c3c(NCc4ccccc4)ncnc32)cc1. The Morgan fingerprint density at radius 3 is 2.11 bits per heavy atom. The summed E-state index contributed by atoms with van der Waals surface area (Å²) in [5, 5.41) is 6.47. The first kappa shape index (κ1) is 24.2. The lowest BCUT2D eigenvalue weighted by Gasteiger charge is -2.09. The van der Waals surface area contributed by atoms with Crippen LogP contribution in [0.2, 0.25) is 0 Å². The highest BCUT2D eigenvalue weighted by molar-refractivity contribution is 7.90. The second-order valence-electron chi connectivity index (χ2n) is 8.58. The molecule has 0 aliphatic rings. The first-order valence-electron chi connectivity index (χ1n) is 11.7. The molecule has 0 atom stereocenters. The summed E-state index contributed by atoms with van der Waals surface area (Å²) < 4.78 is 28.3. The maximum absolute atomic E-state index is 13.6. The molecule has 8 nitrogen and oxygen atoms in total. The number of fused-ring (bicyclic) bond motifs is 1. The normalized spacial score (nSPS) is 11.4. The molecule has 0 aliphatic heterocycles. The van der Waals surface area contributed by atoms with Crippen molar-refractivity contribution in [2.45, 2.75) is 24.9 Å². The van der Waals surface area contributed by atoms with Crippen LogP contribution in [0, 0.1) is 6.92 Å². The lowest BCUT2D eigenvalue weighted by Crippen LogP contribution is -2.23. The lowest BCUT2D eigenvalue weighted by molar-refractivity contribution is 0.0952. The molecule has 2 heterocycles. The molecule has 0 radical (unpaired) electrons. The van der Waals surface area contributed by atoms with Gasteiger partial charge in [0.1, 0.15) is 12.1 Å². The van der Waals surface area contributed by atoms with Crippen molar-refractivity contribution < 1.29 is 13.2 Å². The quantitative estimate of drug-likeness (QED) is 0.317. The molecule has 0 unspecified atom stereocenters. The summed E-state index contributed by atoms with van der Waals surface area (Å²) >= 11 is 0. The minimum Gasteiger partial charge on any atom is -0.365 e. The van der Waals surface area contributed by atoms with Gasteiger partial charge in [-0.05, 0) is 30.2 Å². The summed E-state index contributed by atoms with van der Waals surface area (Å²) in [6.45, 7) is 2.61. The van der Waals surface area contributed by atoms with E-state index in [0.29, 0.717) is 17.7 Å². The summed E-state index contributed by atoms with van der Waals surface area (Å²) in [6.07, 6.45) is 2.62. The van der Waals surface area contributed by atoms with Gasteiger partial charge in [0, 0.05) is 19.3 Å². The van der Waals surface area contributed by atoms with Gasteiger partial charge in [0.05, 0.1) is 15.8 Å². The third kappa shape index (κ3) is 5.07. The monoisotopic (exact) mass is 511 g/mol. The van der Waals surface area contributed by atoms with Crippen LogP contribution in [0.25, 0.3) is 11.0 Å². The molecule has 0 aliphatic carbocycles. The van der Waals surface area contributed by atoms with Gasteiger partial charge in [-0.25, -0.2) is 22.4 Å². The van der Waals surface area contributed by atoms with E-state index in [1.54, 1.807) is 24.3 Å². The molecule has 0 spiro atoms. The van der Waals surface area contributed by atoms with Gasteiger partial charge in [-0.2, -0.15) is 0 Å². The molecule has 5 rings (SSSR count). The number of hydrogen-bond donors (Lipinski definition) is 2. The predicted octanol–water partition coefficient (Wildman–Crippen LogP) is 4.52. The Balaban J connectivity index is 1.58. The number of carbonyl (C=O) groups excluding carboxylic acids is 1. The summed E-state index contributed by atoms with van der Waals surface area (Å²) in [6, 6.07) is 25.8. The van der Waals surface area contributed by atoms with Gasteiger partial charge in [-0.3, -0.25) is 4.79 Å². The highest BCUT2D eigenvalue weighted by atomic mass is 32.2. The van der Waals surface area contributed by atoms with Crippen LogP contribution in [0.3, 0.4) is 0 Å². The Labute approximate surface area is 215 Å². The van der Waals surface area contributed by atoms with E-state index in [9.17, 15) is 13.2 Å². The molecule has 3 aromatic carbocycles. The smallest absolute Gasteiger partial charge is 0.269 e. The number of aryl methyl sites for hydroxylation is 1. The van der Waals surface area contributed by atoms with Crippen molar-refractivity contribution in [2.75, 3.05) is 5.32 Å². The maximum atomic E-state index is 13.6. The number of hydrogen-bond acceptors (Lipinski definition) is 6. The number of amides is 1. The van der Waals surface area contributed by atoms with E-state index < -0.39 is 15.9 Å². The molecule has 1 amide bonds. The molecule has 0 bridgehead atoms. The molecule has 2 N–H and O–H groups in total. The van der Waals surface area contributed by atoms with Crippen LogP contribution in [0.1, 0.15) is 27.0 Å². The fourth-order valence-corrected chi connectivity index (χ4v) is 5.32. The highest BCUT2D eigenvalue weighted by Gasteiger charge is 2.27. The lowest BCUT2D eigenvalue weighted by atomic mass is 10.2. The van der Waals surface area contributed by atoms with Gasteiger partial charge in [-0.1, -0.05) is 78.4 Å². The molecule has 186 valence electrons. The number of aromatic nitrogens is 3. The Hall–Kier alpha value is -4.50. The highest BCUT2D eigenvalue weighted by Crippen LogP contribution is 2.29. The molecular formula is C28H25N5O3S. The molecule has 2 aromatic heterocycles. The van der Waals surface area contributed by atoms with Gasteiger partial charge < -0.3 is 10.6 Å². The second-order valence-corrected chi connectivity index (χ2v) is 10.4. The molecule has 0 saturated heterocycles. The standard InChI is InChI=1S/C28H25N5O3S/c1-20-12-14-23(15-13-20)37(35,36)33-18-24(28(34)30-17-22-10-6-3-7-11-22)25-26(31-19-32-27(25)33)29-16-21-8-4-2-5-9-21/h2-15,18-19H,16-17H2,1H3,(H,30,34)(H,29,31,32). The van der Waals surface area contributed by atoms with E-state index in [0.717, 1.165) is 20.7 Å². The molecule has 0 fully saturated rings. The number of anilines is 1. The number of nitrogens with one attached hydrogen (secondary N) is 2. The van der Waals surface area contributed by atoms with Crippen LogP contribution in [-0.4, -0.2) is 28.3 Å². The molecule has 9 heteroatoms. The van der Waals surface area contributed by atoms with E-state index in [2.05, 4.69) is 20.6 Å². The average molecular weight is 512 g/mol. The van der Waals surface area contributed by atoms with Gasteiger partial charge in [0.15, 0.2) is 5.65 Å². The zero-order valence-electron chi connectivity index (χ0n) is 20.1.